The minimum absolute atomic E-state index is 0.0204. The molecule has 0 spiro atoms. The van der Waals surface area contributed by atoms with Crippen molar-refractivity contribution >= 4 is 23.5 Å². The Morgan fingerprint density at radius 2 is 2.03 bits per heavy atom. The van der Waals surface area contributed by atoms with Crippen molar-refractivity contribution in [1.29, 1.82) is 0 Å². The Labute approximate surface area is 188 Å². The van der Waals surface area contributed by atoms with E-state index in [1.165, 1.54) is 21.9 Å². The molecule has 0 N–H and O–H groups in total. The molecule has 2 aromatic rings. The predicted octanol–water partition coefficient (Wildman–Crippen LogP) is 2.88. The van der Waals surface area contributed by atoms with E-state index >= 15 is 0 Å². The first-order valence-corrected chi connectivity index (χ1v) is 11.0. The number of fused-ring (bicyclic) bond motifs is 4. The number of nitrogens with zero attached hydrogens (tertiary/aromatic N) is 2. The van der Waals surface area contributed by atoms with E-state index in [2.05, 4.69) is 0 Å². The minimum Gasteiger partial charge on any atom is -0.467 e. The molecule has 3 aliphatic heterocycles. The van der Waals surface area contributed by atoms with Gasteiger partial charge in [-0.1, -0.05) is 12.1 Å². The Bertz CT molecular complexity index is 1200. The fourth-order valence-corrected chi connectivity index (χ4v) is 5.14. The highest BCUT2D eigenvalue weighted by Crippen LogP contribution is 2.49. The SMILES string of the molecule is O=C1CCC2(C(=O)OCc3cc(F)cc4c3OCOC4)N1c1ccccc1C(=O)N2C1CC1. The monoisotopic (exact) mass is 452 g/mol. The Morgan fingerprint density at radius 1 is 1.21 bits per heavy atom. The van der Waals surface area contributed by atoms with Crippen molar-refractivity contribution in [1.82, 2.24) is 4.90 Å². The van der Waals surface area contributed by atoms with Crippen molar-refractivity contribution in [3.05, 3.63) is 58.9 Å². The van der Waals surface area contributed by atoms with Crippen molar-refractivity contribution in [3.63, 3.8) is 0 Å². The third-order valence-electron chi connectivity index (χ3n) is 6.65. The van der Waals surface area contributed by atoms with Crippen LogP contribution in [-0.4, -0.2) is 41.2 Å². The van der Waals surface area contributed by atoms with Crippen LogP contribution in [0.5, 0.6) is 5.75 Å². The molecule has 3 heterocycles. The van der Waals surface area contributed by atoms with Crippen molar-refractivity contribution in [2.45, 2.75) is 50.6 Å². The molecular weight excluding hydrogens is 431 g/mol. The number of rotatable bonds is 4. The summed E-state index contributed by atoms with van der Waals surface area (Å²) >= 11 is 0. The van der Waals surface area contributed by atoms with Crippen LogP contribution in [-0.2, 0) is 32.3 Å². The number of hydrogen-bond acceptors (Lipinski definition) is 6. The summed E-state index contributed by atoms with van der Waals surface area (Å²) < 4.78 is 30.5. The molecular formula is C24H21FN2O6. The average Bonchev–Trinajstić information content (AvgIpc) is 3.59. The van der Waals surface area contributed by atoms with Gasteiger partial charge in [-0.2, -0.15) is 0 Å². The molecule has 170 valence electrons. The van der Waals surface area contributed by atoms with E-state index in [1.807, 2.05) is 0 Å². The lowest BCUT2D eigenvalue weighted by Crippen LogP contribution is -2.69. The lowest BCUT2D eigenvalue weighted by atomic mass is 9.96. The standard InChI is InChI=1S/C24H21FN2O6/c25-16-9-14-11-31-13-33-21(14)15(10-16)12-32-23(30)24-8-7-20(28)27(24)19-4-2-1-3-18(19)22(29)26(24)17-5-6-17/h1-4,9-10,17H,5-8,11-13H2. The molecule has 1 atom stereocenters. The van der Waals surface area contributed by atoms with Crippen LogP contribution in [0.4, 0.5) is 10.1 Å². The van der Waals surface area contributed by atoms with Crippen LogP contribution in [0.2, 0.25) is 0 Å². The Morgan fingerprint density at radius 3 is 2.85 bits per heavy atom. The number of halogens is 1. The van der Waals surface area contributed by atoms with E-state index in [-0.39, 0.29) is 50.7 Å². The lowest BCUT2D eigenvalue weighted by molar-refractivity contribution is -0.159. The fourth-order valence-electron chi connectivity index (χ4n) is 5.14. The van der Waals surface area contributed by atoms with Gasteiger partial charge in [0.15, 0.2) is 6.79 Å². The van der Waals surface area contributed by atoms with Crippen LogP contribution in [0.15, 0.2) is 36.4 Å². The Balaban J connectivity index is 1.38. The van der Waals surface area contributed by atoms with Crippen molar-refractivity contribution in [2.75, 3.05) is 11.7 Å². The van der Waals surface area contributed by atoms with Crippen molar-refractivity contribution in [3.8, 4) is 5.75 Å². The Hall–Kier alpha value is -3.46. The van der Waals surface area contributed by atoms with Gasteiger partial charge in [0.25, 0.3) is 5.91 Å². The molecule has 2 aromatic carbocycles. The zero-order chi connectivity index (χ0) is 22.7. The highest BCUT2D eigenvalue weighted by molar-refractivity contribution is 6.15. The van der Waals surface area contributed by atoms with Crippen molar-refractivity contribution in [2.24, 2.45) is 0 Å². The number of esters is 1. The summed E-state index contributed by atoms with van der Waals surface area (Å²) in [6.45, 7) is -0.0371. The fraction of sp³-hybridized carbons (Fsp3) is 0.375. The van der Waals surface area contributed by atoms with Crippen LogP contribution in [0.1, 0.15) is 47.2 Å². The van der Waals surface area contributed by atoms with Crippen molar-refractivity contribution < 1.29 is 33.0 Å². The second-order valence-electron chi connectivity index (χ2n) is 8.71. The van der Waals surface area contributed by atoms with Gasteiger partial charge in [0.2, 0.25) is 11.6 Å². The van der Waals surface area contributed by atoms with E-state index in [9.17, 15) is 18.8 Å². The Kier molecular flexibility index (Phi) is 4.45. The average molecular weight is 452 g/mol. The smallest absolute Gasteiger partial charge is 0.354 e. The van der Waals surface area contributed by atoms with Crippen LogP contribution in [0.3, 0.4) is 0 Å². The van der Waals surface area contributed by atoms with Gasteiger partial charge >= 0.3 is 5.97 Å². The van der Waals surface area contributed by atoms with Gasteiger partial charge in [-0.25, -0.2) is 9.18 Å². The van der Waals surface area contributed by atoms with Gasteiger partial charge in [0.1, 0.15) is 18.2 Å². The molecule has 33 heavy (non-hydrogen) atoms. The number of carbonyl (C=O) groups excluding carboxylic acids is 3. The summed E-state index contributed by atoms with van der Waals surface area (Å²) in [5, 5.41) is 0. The quantitative estimate of drug-likeness (QED) is 0.664. The van der Waals surface area contributed by atoms with Gasteiger partial charge in [0.05, 0.1) is 17.9 Å². The zero-order valence-electron chi connectivity index (χ0n) is 17.7. The van der Waals surface area contributed by atoms with E-state index in [0.29, 0.717) is 28.1 Å². The van der Waals surface area contributed by atoms with E-state index < -0.39 is 17.4 Å². The molecule has 0 radical (unpaired) electrons. The number of para-hydroxylation sites is 1. The molecule has 1 saturated heterocycles. The molecule has 1 aliphatic carbocycles. The van der Waals surface area contributed by atoms with Crippen LogP contribution in [0.25, 0.3) is 0 Å². The van der Waals surface area contributed by atoms with E-state index in [4.69, 9.17) is 14.2 Å². The number of amides is 2. The summed E-state index contributed by atoms with van der Waals surface area (Å²) in [5.41, 5.74) is 0.179. The molecule has 6 rings (SSSR count). The maximum atomic E-state index is 14.1. The first-order chi connectivity index (χ1) is 16.0. The summed E-state index contributed by atoms with van der Waals surface area (Å²) in [6.07, 6.45) is 1.79. The summed E-state index contributed by atoms with van der Waals surface area (Å²) in [7, 11) is 0. The number of carbonyl (C=O) groups is 3. The first kappa shape index (κ1) is 20.2. The highest BCUT2D eigenvalue weighted by Gasteiger charge is 2.64. The summed E-state index contributed by atoms with van der Waals surface area (Å²) in [6, 6.07) is 9.28. The third kappa shape index (κ3) is 2.95. The number of ether oxygens (including phenoxy) is 3. The molecule has 2 fully saturated rings. The normalized spacial score (nSPS) is 23.5. The zero-order valence-corrected chi connectivity index (χ0v) is 17.7. The number of hydrogen-bond donors (Lipinski definition) is 0. The number of anilines is 1. The van der Waals surface area contributed by atoms with Gasteiger partial charge in [-0.3, -0.25) is 14.5 Å². The first-order valence-electron chi connectivity index (χ1n) is 11.0. The van der Waals surface area contributed by atoms with Gasteiger partial charge in [0, 0.05) is 30.0 Å². The summed E-state index contributed by atoms with van der Waals surface area (Å²) in [4.78, 5) is 43.1. The van der Waals surface area contributed by atoms with Gasteiger partial charge in [-0.15, -0.1) is 0 Å². The molecule has 0 aromatic heterocycles. The molecule has 0 bridgehead atoms. The van der Waals surface area contributed by atoms with Gasteiger partial charge in [-0.05, 0) is 37.1 Å². The van der Waals surface area contributed by atoms with Crippen LogP contribution < -0.4 is 9.64 Å². The molecule has 1 saturated carbocycles. The highest BCUT2D eigenvalue weighted by atomic mass is 19.1. The summed E-state index contributed by atoms with van der Waals surface area (Å²) in [5.74, 6) is -1.28. The second kappa shape index (κ2) is 7.28. The van der Waals surface area contributed by atoms with E-state index in [1.54, 1.807) is 24.3 Å². The molecule has 8 nitrogen and oxygen atoms in total. The largest absolute Gasteiger partial charge is 0.467 e. The molecule has 9 heteroatoms. The molecule has 1 unspecified atom stereocenters. The topological polar surface area (TPSA) is 85.4 Å². The maximum Gasteiger partial charge on any atom is 0.354 e. The lowest BCUT2D eigenvalue weighted by Gasteiger charge is -2.48. The van der Waals surface area contributed by atoms with E-state index in [0.717, 1.165) is 12.8 Å². The third-order valence-corrected chi connectivity index (χ3v) is 6.65. The number of benzene rings is 2. The van der Waals surface area contributed by atoms with Gasteiger partial charge < -0.3 is 19.1 Å². The minimum atomic E-state index is -1.54. The second-order valence-corrected chi connectivity index (χ2v) is 8.71. The maximum absolute atomic E-state index is 14.1. The van der Waals surface area contributed by atoms with Crippen LogP contribution >= 0.6 is 0 Å². The predicted molar refractivity (Wildman–Crippen MR) is 112 cm³/mol. The molecule has 2 amide bonds. The molecule has 4 aliphatic rings. The van der Waals surface area contributed by atoms with Crippen LogP contribution in [0, 0.1) is 5.82 Å².